The number of Topliss-reactive ketones (excluding diaryl/α,β-unsaturated/α-hetero) is 1. The molecule has 0 aromatic heterocycles. The molecule has 0 radical (unpaired) electrons. The van der Waals surface area contributed by atoms with Gasteiger partial charge in [0, 0.05) is 11.6 Å². The average molecular weight is 317 g/mol. The van der Waals surface area contributed by atoms with Crippen LogP contribution in [-0.4, -0.2) is 20.2 Å². The predicted octanol–water partition coefficient (Wildman–Crippen LogP) is 3.49. The molecule has 0 saturated heterocycles. The lowest BCUT2D eigenvalue weighted by molar-refractivity contribution is 0.101. The van der Waals surface area contributed by atoms with Gasteiger partial charge in [0.25, 0.3) is 10.0 Å². The summed E-state index contributed by atoms with van der Waals surface area (Å²) in [4.78, 5) is 11.5. The van der Waals surface area contributed by atoms with Gasteiger partial charge in [0.05, 0.1) is 10.6 Å². The van der Waals surface area contributed by atoms with E-state index in [0.29, 0.717) is 11.3 Å². The topological polar surface area (TPSA) is 54.5 Å². The maximum absolute atomic E-state index is 12.9. The van der Waals surface area contributed by atoms with E-state index in [9.17, 15) is 13.2 Å². The Labute approximate surface area is 131 Å². The quantitative estimate of drug-likeness (QED) is 0.793. The molecule has 0 atom stereocenters. The van der Waals surface area contributed by atoms with E-state index in [1.54, 1.807) is 36.4 Å². The zero-order valence-electron chi connectivity index (χ0n) is 12.9. The molecule has 2 rings (SSSR count). The Morgan fingerprint density at radius 1 is 0.955 bits per heavy atom. The molecule has 0 aliphatic heterocycles. The number of carbonyl (C=O) groups is 1. The van der Waals surface area contributed by atoms with Crippen LogP contribution in [0, 0.1) is 0 Å². The SMILES string of the molecule is CC(=O)c1ccc(S(=O)(=O)N(c2ccccc2)C(C)C)cc1. The number of carbonyl (C=O) groups excluding carboxylic acids is 1. The zero-order valence-corrected chi connectivity index (χ0v) is 13.7. The minimum Gasteiger partial charge on any atom is -0.295 e. The summed E-state index contributed by atoms with van der Waals surface area (Å²) in [5.74, 6) is -0.0901. The highest BCUT2D eigenvalue weighted by atomic mass is 32.2. The first kappa shape index (κ1) is 16.2. The molecule has 0 fully saturated rings. The normalized spacial score (nSPS) is 11.5. The maximum Gasteiger partial charge on any atom is 0.264 e. The fraction of sp³-hybridized carbons (Fsp3) is 0.235. The number of rotatable bonds is 5. The zero-order chi connectivity index (χ0) is 16.3. The van der Waals surface area contributed by atoms with Gasteiger partial charge in [-0.25, -0.2) is 8.42 Å². The summed E-state index contributed by atoms with van der Waals surface area (Å²) in [6.07, 6.45) is 0. The molecule has 5 heteroatoms. The number of hydrogen-bond acceptors (Lipinski definition) is 3. The Hall–Kier alpha value is -2.14. The van der Waals surface area contributed by atoms with E-state index in [1.807, 2.05) is 19.9 Å². The molecule has 0 spiro atoms. The molecule has 22 heavy (non-hydrogen) atoms. The molecular formula is C17H19NO3S. The molecule has 0 aliphatic rings. The van der Waals surface area contributed by atoms with Gasteiger partial charge >= 0.3 is 0 Å². The van der Waals surface area contributed by atoms with Crippen molar-refractivity contribution in [3.8, 4) is 0 Å². The van der Waals surface area contributed by atoms with Crippen molar-refractivity contribution in [2.75, 3.05) is 4.31 Å². The molecule has 0 amide bonds. The van der Waals surface area contributed by atoms with Crippen molar-refractivity contribution in [3.05, 3.63) is 60.2 Å². The van der Waals surface area contributed by atoms with Gasteiger partial charge in [-0.3, -0.25) is 9.10 Å². The van der Waals surface area contributed by atoms with Gasteiger partial charge in [-0.1, -0.05) is 30.3 Å². The Morgan fingerprint density at radius 2 is 1.50 bits per heavy atom. The molecule has 0 bridgehead atoms. The van der Waals surface area contributed by atoms with Crippen molar-refractivity contribution in [1.82, 2.24) is 0 Å². The van der Waals surface area contributed by atoms with Crippen LogP contribution in [0.5, 0.6) is 0 Å². The number of sulfonamides is 1. The van der Waals surface area contributed by atoms with Crippen LogP contribution < -0.4 is 4.31 Å². The van der Waals surface area contributed by atoms with E-state index < -0.39 is 10.0 Å². The van der Waals surface area contributed by atoms with Crippen molar-refractivity contribution in [1.29, 1.82) is 0 Å². The number of ketones is 1. The lowest BCUT2D eigenvalue weighted by Crippen LogP contribution is -2.37. The Balaban J connectivity index is 2.48. The number of hydrogen-bond donors (Lipinski definition) is 0. The summed E-state index contributed by atoms with van der Waals surface area (Å²) in [7, 11) is -3.67. The Bertz CT molecular complexity index is 750. The second-order valence-corrected chi connectivity index (χ2v) is 7.13. The second kappa shape index (κ2) is 6.32. The van der Waals surface area contributed by atoms with Crippen LogP contribution in [0.15, 0.2) is 59.5 Å². The van der Waals surface area contributed by atoms with Gasteiger partial charge in [0.1, 0.15) is 0 Å². The van der Waals surface area contributed by atoms with Crippen molar-refractivity contribution >= 4 is 21.5 Å². The van der Waals surface area contributed by atoms with Gasteiger partial charge in [-0.05, 0) is 45.0 Å². The van der Waals surface area contributed by atoms with Crippen LogP contribution >= 0.6 is 0 Å². The van der Waals surface area contributed by atoms with Crippen LogP contribution in [0.4, 0.5) is 5.69 Å². The lowest BCUT2D eigenvalue weighted by atomic mass is 10.2. The molecule has 0 N–H and O–H groups in total. The van der Waals surface area contributed by atoms with Crippen molar-refractivity contribution < 1.29 is 13.2 Å². The molecular weight excluding hydrogens is 298 g/mol. The second-order valence-electron chi connectivity index (χ2n) is 5.31. The van der Waals surface area contributed by atoms with E-state index in [2.05, 4.69) is 0 Å². The van der Waals surface area contributed by atoms with E-state index in [-0.39, 0.29) is 16.7 Å². The van der Waals surface area contributed by atoms with Crippen LogP contribution in [0.2, 0.25) is 0 Å². The smallest absolute Gasteiger partial charge is 0.264 e. The third-order valence-electron chi connectivity index (χ3n) is 3.30. The monoisotopic (exact) mass is 317 g/mol. The van der Waals surface area contributed by atoms with Crippen LogP contribution in [0.3, 0.4) is 0 Å². The highest BCUT2D eigenvalue weighted by Gasteiger charge is 2.27. The minimum absolute atomic E-state index is 0.0901. The number of anilines is 1. The van der Waals surface area contributed by atoms with Crippen molar-refractivity contribution in [2.24, 2.45) is 0 Å². The Morgan fingerprint density at radius 3 is 1.95 bits per heavy atom. The average Bonchev–Trinajstić information content (AvgIpc) is 2.48. The van der Waals surface area contributed by atoms with E-state index in [0.717, 1.165) is 0 Å². The van der Waals surface area contributed by atoms with E-state index in [1.165, 1.54) is 23.4 Å². The van der Waals surface area contributed by atoms with E-state index >= 15 is 0 Å². The fourth-order valence-electron chi connectivity index (χ4n) is 2.26. The summed E-state index contributed by atoms with van der Waals surface area (Å²) >= 11 is 0. The molecule has 0 heterocycles. The summed E-state index contributed by atoms with van der Waals surface area (Å²) in [5.41, 5.74) is 1.11. The highest BCUT2D eigenvalue weighted by Crippen LogP contribution is 2.26. The van der Waals surface area contributed by atoms with Gasteiger partial charge in [0.15, 0.2) is 5.78 Å². The summed E-state index contributed by atoms with van der Waals surface area (Å²) in [6.45, 7) is 5.11. The van der Waals surface area contributed by atoms with Crippen molar-refractivity contribution in [2.45, 2.75) is 31.7 Å². The summed E-state index contributed by atoms with van der Waals surface area (Å²) < 4.78 is 27.2. The van der Waals surface area contributed by atoms with Crippen LogP contribution in [-0.2, 0) is 10.0 Å². The highest BCUT2D eigenvalue weighted by molar-refractivity contribution is 7.92. The molecule has 4 nitrogen and oxygen atoms in total. The molecule has 0 saturated carbocycles. The first-order valence-corrected chi connectivity index (χ1v) is 8.48. The summed E-state index contributed by atoms with van der Waals surface area (Å²) in [5, 5.41) is 0. The number of para-hydroxylation sites is 1. The molecule has 2 aromatic rings. The Kier molecular flexibility index (Phi) is 4.66. The van der Waals surface area contributed by atoms with Crippen LogP contribution in [0.1, 0.15) is 31.1 Å². The number of benzene rings is 2. The third-order valence-corrected chi connectivity index (χ3v) is 5.32. The summed E-state index contributed by atoms with van der Waals surface area (Å²) in [6, 6.07) is 14.8. The van der Waals surface area contributed by atoms with Gasteiger partial charge < -0.3 is 0 Å². The van der Waals surface area contributed by atoms with Crippen LogP contribution in [0.25, 0.3) is 0 Å². The van der Waals surface area contributed by atoms with E-state index in [4.69, 9.17) is 0 Å². The fourth-order valence-corrected chi connectivity index (χ4v) is 3.93. The number of nitrogens with zero attached hydrogens (tertiary/aromatic N) is 1. The molecule has 116 valence electrons. The largest absolute Gasteiger partial charge is 0.295 e. The first-order chi connectivity index (χ1) is 10.3. The minimum atomic E-state index is -3.67. The van der Waals surface area contributed by atoms with Gasteiger partial charge in [-0.15, -0.1) is 0 Å². The molecule has 2 aromatic carbocycles. The standard InChI is InChI=1S/C17H19NO3S/c1-13(2)18(16-7-5-4-6-8-16)22(20,21)17-11-9-15(10-12-17)14(3)19/h4-13H,1-3H3. The van der Waals surface area contributed by atoms with Gasteiger partial charge in [0.2, 0.25) is 0 Å². The maximum atomic E-state index is 12.9. The first-order valence-electron chi connectivity index (χ1n) is 7.04. The van der Waals surface area contributed by atoms with Crippen molar-refractivity contribution in [3.63, 3.8) is 0 Å². The predicted molar refractivity (Wildman–Crippen MR) is 87.7 cm³/mol. The lowest BCUT2D eigenvalue weighted by Gasteiger charge is -2.28. The molecule has 0 aliphatic carbocycles. The van der Waals surface area contributed by atoms with Gasteiger partial charge in [-0.2, -0.15) is 0 Å². The third kappa shape index (κ3) is 3.20. The molecule has 0 unspecified atom stereocenters.